The Balaban J connectivity index is 0.000000205. The molecule has 0 saturated carbocycles. The quantitative estimate of drug-likeness (QED) is 0.136. The van der Waals surface area contributed by atoms with Crippen LogP contribution < -0.4 is 5.32 Å². The van der Waals surface area contributed by atoms with Crippen molar-refractivity contribution in [3.05, 3.63) is 158 Å². The van der Waals surface area contributed by atoms with Crippen molar-refractivity contribution < 1.29 is 33.9 Å². The molecule has 6 aromatic rings. The van der Waals surface area contributed by atoms with Crippen LogP contribution in [0.3, 0.4) is 0 Å². The second-order valence-corrected chi connectivity index (χ2v) is 11.5. The van der Waals surface area contributed by atoms with Crippen LogP contribution in [0, 0.1) is 6.92 Å². The number of amides is 3. The van der Waals surface area contributed by atoms with Crippen molar-refractivity contribution >= 4 is 17.7 Å². The molecule has 1 N–H and O–H groups in total. The molecular weight excluding hydrogens is 754 g/mol. The number of likely N-dealkylation sites (N-methyl/N-ethyl adjacent to an activating group) is 1. The zero-order valence-corrected chi connectivity index (χ0v) is 31.0. The first-order valence-electron chi connectivity index (χ1n) is 16.8. The molecule has 6 aromatic heterocycles. The van der Waals surface area contributed by atoms with Gasteiger partial charge in [-0.1, -0.05) is 24.3 Å². The standard InChI is InChI=1S/C21H22N4O3.2C10H8N2.Ru/c1-3-22-21(28)18(25-19(26)6-7-20(25)27)5-4-15-9-11-24-17(13-15)16-12-14(2)8-10-23-16;2*1-3-7-11-9(5-1)10-6-2-4-8-12-10;/h6-13,18H,3-5H2,1-2H3,(H,22,28);2*1-8H;/q;;;+2. The minimum atomic E-state index is -0.844. The summed E-state index contributed by atoms with van der Waals surface area (Å²) in [7, 11) is 0. The van der Waals surface area contributed by atoms with E-state index < -0.39 is 17.9 Å². The molecule has 1 unspecified atom stereocenters. The number of nitrogens with one attached hydrogen (secondary N) is 1. The van der Waals surface area contributed by atoms with Gasteiger partial charge in [-0.2, -0.15) is 0 Å². The predicted octanol–water partition coefficient (Wildman–Crippen LogP) is 6.10. The van der Waals surface area contributed by atoms with Crippen LogP contribution in [0.1, 0.15) is 24.5 Å². The third kappa shape index (κ3) is 11.7. The van der Waals surface area contributed by atoms with E-state index in [9.17, 15) is 14.4 Å². The molecule has 1 aliphatic rings. The van der Waals surface area contributed by atoms with Crippen molar-refractivity contribution in [1.82, 2.24) is 40.1 Å². The van der Waals surface area contributed by atoms with Crippen LogP contribution in [0.15, 0.2) is 146 Å². The minimum Gasteiger partial charge on any atom is -0.355 e. The number of pyridine rings is 6. The maximum atomic E-state index is 12.5. The SMILES string of the molecule is CCNC(=O)C(CCc1ccnc(-c2cc(C)ccn2)c1)N1C(=O)C=CC1=O.[Ru+2].c1ccc(-c2ccccn2)nc1.c1ccc(-c2ccccn2)nc1. The summed E-state index contributed by atoms with van der Waals surface area (Å²) in [5, 5.41) is 2.71. The number of aryl methyl sites for hydroxylation is 2. The van der Waals surface area contributed by atoms with Crippen molar-refractivity contribution in [2.24, 2.45) is 0 Å². The van der Waals surface area contributed by atoms with Gasteiger partial charge in [-0.3, -0.25) is 49.2 Å². The molecule has 0 aliphatic carbocycles. The number of hydrogen-bond donors (Lipinski definition) is 1. The summed E-state index contributed by atoms with van der Waals surface area (Å²) >= 11 is 0. The topological polar surface area (TPSA) is 144 Å². The van der Waals surface area contributed by atoms with Crippen LogP contribution >= 0.6 is 0 Å². The summed E-state index contributed by atoms with van der Waals surface area (Å²) in [5.74, 6) is -1.25. The molecular formula is C41H38N8O3Ru+2. The van der Waals surface area contributed by atoms with Crippen molar-refractivity contribution in [2.75, 3.05) is 6.54 Å². The summed E-state index contributed by atoms with van der Waals surface area (Å²) in [6.45, 7) is 4.21. The smallest absolute Gasteiger partial charge is 0.355 e. The van der Waals surface area contributed by atoms with Crippen molar-refractivity contribution in [3.63, 3.8) is 0 Å². The van der Waals surface area contributed by atoms with E-state index in [1.807, 2.05) is 104 Å². The Hall–Kier alpha value is -6.13. The average molecular weight is 792 g/mol. The van der Waals surface area contributed by atoms with Crippen molar-refractivity contribution in [2.45, 2.75) is 32.7 Å². The zero-order valence-electron chi connectivity index (χ0n) is 29.3. The molecule has 0 aromatic carbocycles. The van der Waals surface area contributed by atoms with Gasteiger partial charge >= 0.3 is 19.5 Å². The molecule has 12 heteroatoms. The van der Waals surface area contributed by atoms with Gasteiger partial charge in [0.25, 0.3) is 11.8 Å². The number of carbonyl (C=O) groups is 3. The van der Waals surface area contributed by atoms with Crippen LogP contribution in [-0.2, 0) is 40.3 Å². The third-order valence-corrected chi connectivity index (χ3v) is 7.70. The predicted molar refractivity (Wildman–Crippen MR) is 199 cm³/mol. The Kier molecular flexibility index (Phi) is 15.5. The number of rotatable bonds is 9. The van der Waals surface area contributed by atoms with Crippen LogP contribution in [0.4, 0.5) is 0 Å². The molecule has 0 saturated heterocycles. The van der Waals surface area contributed by atoms with Crippen molar-refractivity contribution in [1.29, 1.82) is 0 Å². The van der Waals surface area contributed by atoms with E-state index in [4.69, 9.17) is 0 Å². The molecule has 266 valence electrons. The van der Waals surface area contributed by atoms with Gasteiger partial charge < -0.3 is 5.32 Å². The summed E-state index contributed by atoms with van der Waals surface area (Å²) in [5.41, 5.74) is 7.22. The molecule has 0 radical (unpaired) electrons. The normalized spacial score (nSPS) is 12.0. The first-order valence-corrected chi connectivity index (χ1v) is 16.8. The van der Waals surface area contributed by atoms with Crippen LogP contribution in [0.5, 0.6) is 0 Å². The molecule has 1 aliphatic heterocycles. The fraction of sp³-hybridized carbons (Fsp3) is 0.146. The fourth-order valence-corrected chi connectivity index (χ4v) is 5.20. The maximum absolute atomic E-state index is 12.5. The van der Waals surface area contributed by atoms with E-state index in [1.54, 1.807) is 44.1 Å². The fourth-order valence-electron chi connectivity index (χ4n) is 5.20. The number of carbonyl (C=O) groups excluding carboxylic acids is 3. The summed E-state index contributed by atoms with van der Waals surface area (Å²) in [4.78, 5) is 63.0. The molecule has 11 nitrogen and oxygen atoms in total. The van der Waals surface area contributed by atoms with Gasteiger partial charge in [-0.25, -0.2) is 0 Å². The second-order valence-electron chi connectivity index (χ2n) is 11.5. The van der Waals surface area contributed by atoms with E-state index in [0.29, 0.717) is 19.4 Å². The molecule has 1 atom stereocenters. The molecule has 53 heavy (non-hydrogen) atoms. The zero-order chi connectivity index (χ0) is 36.5. The second kappa shape index (κ2) is 20.7. The number of aromatic nitrogens is 6. The Morgan fingerprint density at radius 3 is 1.45 bits per heavy atom. The van der Waals surface area contributed by atoms with E-state index in [2.05, 4.69) is 35.2 Å². The van der Waals surface area contributed by atoms with Gasteiger partial charge in [0.2, 0.25) is 5.91 Å². The van der Waals surface area contributed by atoms with Gasteiger partial charge in [0.1, 0.15) is 6.04 Å². The Morgan fingerprint density at radius 2 is 1.04 bits per heavy atom. The van der Waals surface area contributed by atoms with Gasteiger partial charge in [-0.05, 0) is 111 Å². The Morgan fingerprint density at radius 1 is 0.604 bits per heavy atom. The van der Waals surface area contributed by atoms with E-state index >= 15 is 0 Å². The number of hydrogen-bond acceptors (Lipinski definition) is 9. The van der Waals surface area contributed by atoms with Crippen LogP contribution in [0.2, 0.25) is 0 Å². The van der Waals surface area contributed by atoms with Gasteiger partial charge in [0.05, 0.1) is 34.2 Å². The number of imide groups is 1. The van der Waals surface area contributed by atoms with E-state index in [1.165, 1.54) is 12.2 Å². The third-order valence-electron chi connectivity index (χ3n) is 7.70. The molecule has 7 heterocycles. The van der Waals surface area contributed by atoms with Crippen molar-refractivity contribution in [3.8, 4) is 34.2 Å². The monoisotopic (exact) mass is 792 g/mol. The molecule has 0 bridgehead atoms. The number of nitrogens with zero attached hydrogens (tertiary/aromatic N) is 7. The molecule has 0 spiro atoms. The first kappa shape index (κ1) is 39.7. The van der Waals surface area contributed by atoms with Gasteiger partial charge in [-0.15, -0.1) is 0 Å². The Labute approximate surface area is 321 Å². The molecule has 0 fully saturated rings. The van der Waals surface area contributed by atoms with Crippen LogP contribution in [0.25, 0.3) is 34.2 Å². The van der Waals surface area contributed by atoms with E-state index in [0.717, 1.165) is 50.2 Å². The summed E-state index contributed by atoms with van der Waals surface area (Å²) in [6, 6.07) is 30.0. The maximum Gasteiger partial charge on any atom is 2.00 e. The first-order chi connectivity index (χ1) is 25.4. The minimum absolute atomic E-state index is 0. The largest absolute Gasteiger partial charge is 2.00 e. The summed E-state index contributed by atoms with van der Waals surface area (Å²) in [6.07, 6.45) is 13.7. The molecule has 7 rings (SSSR count). The van der Waals surface area contributed by atoms with E-state index in [-0.39, 0.29) is 25.4 Å². The molecule has 3 amide bonds. The summed E-state index contributed by atoms with van der Waals surface area (Å²) < 4.78 is 0. The van der Waals surface area contributed by atoms with Gasteiger partial charge in [0.15, 0.2) is 0 Å². The van der Waals surface area contributed by atoms with Crippen LogP contribution in [-0.4, -0.2) is 65.1 Å². The van der Waals surface area contributed by atoms with Gasteiger partial charge in [0, 0.05) is 55.9 Å². The average Bonchev–Trinajstić information content (AvgIpc) is 3.53. The Bertz CT molecular complexity index is 1920.